The summed E-state index contributed by atoms with van der Waals surface area (Å²) < 4.78 is 5.32. The molecule has 4 N–H and O–H groups in total. The molecule has 0 fully saturated rings. The summed E-state index contributed by atoms with van der Waals surface area (Å²) in [5, 5.41) is 15.4. The number of hydrogen-bond acceptors (Lipinski definition) is 4. The second kappa shape index (κ2) is 12.2. The maximum absolute atomic E-state index is 11.3. The Kier molecular flexibility index (Phi) is 11.1. The normalized spacial score (nSPS) is 9.85. The zero-order chi connectivity index (χ0) is 15.2. The van der Waals surface area contributed by atoms with Crippen LogP contribution in [0, 0.1) is 0 Å². The Balaban J connectivity index is 3.40. The van der Waals surface area contributed by atoms with Gasteiger partial charge in [-0.15, -0.1) is 0 Å². The van der Waals surface area contributed by atoms with E-state index < -0.39 is 24.5 Å². The lowest BCUT2D eigenvalue weighted by molar-refractivity contribution is -0.137. The first-order valence-electron chi connectivity index (χ1n) is 6.64. The lowest BCUT2D eigenvalue weighted by atomic mass is 10.4. The maximum atomic E-state index is 11.3. The van der Waals surface area contributed by atoms with Crippen LogP contribution in [-0.4, -0.2) is 55.9 Å². The Morgan fingerprint density at radius 2 is 1.70 bits per heavy atom. The maximum Gasteiger partial charge on any atom is 0.322 e. The summed E-state index contributed by atoms with van der Waals surface area (Å²) in [5.41, 5.74) is 0. The lowest BCUT2D eigenvalue weighted by Crippen LogP contribution is -2.43. The summed E-state index contributed by atoms with van der Waals surface area (Å²) in [6, 6.07) is -0.468. The SMILES string of the molecule is CCCCOCCCNC(=O)NCC(=O)NCC(=O)O. The number of carboxylic acid groups (broad SMARTS) is 1. The van der Waals surface area contributed by atoms with Crippen LogP contribution in [0.3, 0.4) is 0 Å². The van der Waals surface area contributed by atoms with Crippen LogP contribution in [0.5, 0.6) is 0 Å². The van der Waals surface area contributed by atoms with E-state index in [2.05, 4.69) is 22.9 Å². The van der Waals surface area contributed by atoms with E-state index >= 15 is 0 Å². The Morgan fingerprint density at radius 1 is 1.00 bits per heavy atom. The van der Waals surface area contributed by atoms with E-state index in [0.717, 1.165) is 19.4 Å². The third-order valence-corrected chi connectivity index (χ3v) is 2.24. The molecule has 0 spiro atoms. The molecule has 116 valence electrons. The van der Waals surface area contributed by atoms with Crippen molar-refractivity contribution in [1.82, 2.24) is 16.0 Å². The fourth-order valence-corrected chi connectivity index (χ4v) is 1.18. The number of carbonyl (C=O) groups excluding carboxylic acids is 2. The fraction of sp³-hybridized carbons (Fsp3) is 0.750. The van der Waals surface area contributed by atoms with E-state index in [1.54, 1.807) is 0 Å². The second-order valence-corrected chi connectivity index (χ2v) is 4.10. The van der Waals surface area contributed by atoms with Gasteiger partial charge in [0.25, 0.3) is 0 Å². The molecule has 0 heterocycles. The molecule has 8 nitrogen and oxygen atoms in total. The molecule has 0 aromatic heterocycles. The number of carbonyl (C=O) groups is 3. The van der Waals surface area contributed by atoms with Gasteiger partial charge in [0, 0.05) is 19.8 Å². The molecular weight excluding hydrogens is 266 g/mol. The average molecular weight is 289 g/mol. The van der Waals surface area contributed by atoms with Gasteiger partial charge in [0.2, 0.25) is 5.91 Å². The van der Waals surface area contributed by atoms with Crippen LogP contribution in [0.2, 0.25) is 0 Å². The zero-order valence-electron chi connectivity index (χ0n) is 11.7. The summed E-state index contributed by atoms with van der Waals surface area (Å²) in [4.78, 5) is 32.5. The molecule has 20 heavy (non-hydrogen) atoms. The van der Waals surface area contributed by atoms with Gasteiger partial charge in [-0.1, -0.05) is 13.3 Å². The van der Waals surface area contributed by atoms with Crippen LogP contribution in [0.15, 0.2) is 0 Å². The van der Waals surface area contributed by atoms with Crippen molar-refractivity contribution in [3.8, 4) is 0 Å². The predicted molar refractivity (Wildman–Crippen MR) is 72.4 cm³/mol. The number of urea groups is 1. The standard InChI is InChI=1S/C12H23N3O5/c1-2-3-6-20-7-4-5-13-12(19)15-8-10(16)14-9-11(17)18/h2-9H2,1H3,(H,14,16)(H,17,18)(H2,13,15,19). The summed E-state index contributed by atoms with van der Waals surface area (Å²) in [6.45, 7) is 3.13. The molecular formula is C12H23N3O5. The smallest absolute Gasteiger partial charge is 0.322 e. The Labute approximate surface area is 118 Å². The van der Waals surface area contributed by atoms with Crippen molar-refractivity contribution in [3.63, 3.8) is 0 Å². The highest BCUT2D eigenvalue weighted by Crippen LogP contribution is 1.88. The molecule has 0 aromatic carbocycles. The van der Waals surface area contributed by atoms with Gasteiger partial charge in [-0.25, -0.2) is 4.79 Å². The van der Waals surface area contributed by atoms with E-state index in [4.69, 9.17) is 9.84 Å². The highest BCUT2D eigenvalue weighted by molar-refractivity contribution is 5.86. The van der Waals surface area contributed by atoms with E-state index in [-0.39, 0.29) is 6.54 Å². The van der Waals surface area contributed by atoms with E-state index in [0.29, 0.717) is 19.6 Å². The molecule has 0 radical (unpaired) electrons. The quantitative estimate of drug-likeness (QED) is 0.389. The van der Waals surface area contributed by atoms with Gasteiger partial charge in [-0.3, -0.25) is 9.59 Å². The third kappa shape index (κ3) is 12.6. The molecule has 0 aromatic rings. The third-order valence-electron chi connectivity index (χ3n) is 2.24. The molecule has 0 aliphatic carbocycles. The number of carboxylic acids is 1. The molecule has 0 unspecified atom stereocenters. The van der Waals surface area contributed by atoms with Gasteiger partial charge in [-0.05, 0) is 12.8 Å². The van der Waals surface area contributed by atoms with Crippen LogP contribution in [-0.2, 0) is 14.3 Å². The number of amides is 3. The second-order valence-electron chi connectivity index (χ2n) is 4.10. The van der Waals surface area contributed by atoms with Gasteiger partial charge >= 0.3 is 12.0 Å². The lowest BCUT2D eigenvalue weighted by Gasteiger charge is -2.08. The van der Waals surface area contributed by atoms with E-state index in [1.165, 1.54) is 0 Å². The highest BCUT2D eigenvalue weighted by Gasteiger charge is 2.05. The molecule has 8 heteroatoms. The van der Waals surface area contributed by atoms with Gasteiger partial charge in [0.05, 0.1) is 6.54 Å². The Bertz CT molecular complexity index is 309. The van der Waals surface area contributed by atoms with Crippen molar-refractivity contribution in [2.75, 3.05) is 32.8 Å². The first-order valence-corrected chi connectivity index (χ1v) is 6.64. The van der Waals surface area contributed by atoms with Crippen molar-refractivity contribution in [3.05, 3.63) is 0 Å². The van der Waals surface area contributed by atoms with Crippen LogP contribution in [0.1, 0.15) is 26.2 Å². The Hall–Kier alpha value is -1.83. The van der Waals surface area contributed by atoms with E-state index in [1.807, 2.05) is 0 Å². The fourth-order valence-electron chi connectivity index (χ4n) is 1.18. The number of ether oxygens (including phenoxy) is 1. The number of nitrogens with one attached hydrogen (secondary N) is 3. The van der Waals surface area contributed by atoms with Crippen LogP contribution in [0.25, 0.3) is 0 Å². The minimum atomic E-state index is -1.13. The van der Waals surface area contributed by atoms with Crippen LogP contribution < -0.4 is 16.0 Å². The predicted octanol–water partition coefficient (Wildman–Crippen LogP) is -0.307. The molecule has 0 rings (SSSR count). The molecule has 0 aliphatic heterocycles. The minimum Gasteiger partial charge on any atom is -0.480 e. The van der Waals surface area contributed by atoms with Crippen molar-refractivity contribution < 1.29 is 24.2 Å². The Morgan fingerprint density at radius 3 is 2.35 bits per heavy atom. The number of unbranched alkanes of at least 4 members (excludes halogenated alkanes) is 1. The zero-order valence-corrected chi connectivity index (χ0v) is 11.7. The molecule has 0 saturated carbocycles. The first-order chi connectivity index (χ1) is 9.56. The van der Waals surface area contributed by atoms with Gasteiger partial charge in [0.15, 0.2) is 0 Å². The van der Waals surface area contributed by atoms with Gasteiger partial charge in [-0.2, -0.15) is 0 Å². The topological polar surface area (TPSA) is 117 Å². The molecule has 0 aliphatic rings. The summed E-state index contributed by atoms with van der Waals surface area (Å²) in [5.74, 6) is -1.68. The highest BCUT2D eigenvalue weighted by atomic mass is 16.5. The molecule has 0 atom stereocenters. The van der Waals surface area contributed by atoms with Gasteiger partial charge < -0.3 is 25.8 Å². The van der Waals surface area contributed by atoms with Crippen molar-refractivity contribution >= 4 is 17.9 Å². The van der Waals surface area contributed by atoms with Crippen molar-refractivity contribution in [1.29, 1.82) is 0 Å². The summed E-state index contributed by atoms with van der Waals surface area (Å²) in [7, 11) is 0. The summed E-state index contributed by atoms with van der Waals surface area (Å²) >= 11 is 0. The van der Waals surface area contributed by atoms with Gasteiger partial charge in [0.1, 0.15) is 6.54 Å². The first kappa shape index (κ1) is 18.2. The number of hydrogen-bond donors (Lipinski definition) is 4. The van der Waals surface area contributed by atoms with Crippen LogP contribution in [0.4, 0.5) is 4.79 Å². The van der Waals surface area contributed by atoms with E-state index in [9.17, 15) is 14.4 Å². The largest absolute Gasteiger partial charge is 0.480 e. The molecule has 3 amide bonds. The monoisotopic (exact) mass is 289 g/mol. The number of rotatable bonds is 11. The molecule has 0 saturated heterocycles. The van der Waals surface area contributed by atoms with Crippen molar-refractivity contribution in [2.24, 2.45) is 0 Å². The average Bonchev–Trinajstić information content (AvgIpc) is 2.41. The number of aliphatic carboxylic acids is 1. The minimum absolute atomic E-state index is 0.258. The summed E-state index contributed by atoms with van der Waals surface area (Å²) in [6.07, 6.45) is 2.81. The van der Waals surface area contributed by atoms with Crippen molar-refractivity contribution in [2.45, 2.75) is 26.2 Å². The molecule has 0 bridgehead atoms. The van der Waals surface area contributed by atoms with Crippen LogP contribution >= 0.6 is 0 Å².